The molecule has 1 atom stereocenters. The van der Waals surface area contributed by atoms with Crippen LogP contribution in [0.5, 0.6) is 11.5 Å². The number of pyridine rings is 1. The summed E-state index contributed by atoms with van der Waals surface area (Å²) in [5.41, 5.74) is 24.0. The third kappa shape index (κ3) is 6.99. The summed E-state index contributed by atoms with van der Waals surface area (Å²) in [5, 5.41) is 2.41. The molecule has 0 N–H and O–H groups in total. The maximum atomic E-state index is 6.80. The molecular weight excluding hydrogens is 873 g/mol. The standard InChI is InChI=1S/C69H54N2O/c1-7-10-23-47(9-3)62-42-52(48-24-12-11-13-25-48)43-63(70-62)51-26-20-27-53(39-51)71-64-31-18-16-29-57(64)59-40-49(34-37-65(59)71)50-33-35-56-58-36-38-67(72-66-32-19-14-22-44(66)4)45(5)68(58)69(61(56)41-50)46(6)54(21-8-2)55-28-15-17-30-60(55)69/h7-43H,1H2,2-6H3/b21-8-,23-10-,47-9+. The molecule has 0 saturated carbocycles. The van der Waals surface area contributed by atoms with Crippen molar-refractivity contribution in [1.82, 2.24) is 9.55 Å². The molecule has 0 aliphatic heterocycles. The molecule has 0 amide bonds. The van der Waals surface area contributed by atoms with Crippen molar-refractivity contribution in [2.24, 2.45) is 0 Å². The van der Waals surface area contributed by atoms with E-state index in [-0.39, 0.29) is 0 Å². The van der Waals surface area contributed by atoms with E-state index in [9.17, 15) is 0 Å². The summed E-state index contributed by atoms with van der Waals surface area (Å²) < 4.78 is 9.21. The summed E-state index contributed by atoms with van der Waals surface area (Å²) in [7, 11) is 0. The molecule has 0 bridgehead atoms. The number of aryl methyl sites for hydroxylation is 1. The van der Waals surface area contributed by atoms with Gasteiger partial charge in [0.2, 0.25) is 0 Å². The Kier molecular flexibility index (Phi) is 11.0. The van der Waals surface area contributed by atoms with Crippen molar-refractivity contribution >= 4 is 33.0 Å². The van der Waals surface area contributed by atoms with Crippen molar-refractivity contribution in [2.75, 3.05) is 0 Å². The first kappa shape index (κ1) is 44.4. The average molecular weight is 927 g/mol. The van der Waals surface area contributed by atoms with Gasteiger partial charge in [0.1, 0.15) is 11.5 Å². The number of hydrogen-bond donors (Lipinski definition) is 0. The second-order valence-corrected chi connectivity index (χ2v) is 19.0. The summed E-state index contributed by atoms with van der Waals surface area (Å²) in [4.78, 5) is 5.29. The number of benzene rings is 8. The molecule has 3 nitrogen and oxygen atoms in total. The normalized spacial score (nSPS) is 15.0. The van der Waals surface area contributed by atoms with E-state index >= 15 is 0 Å². The van der Waals surface area contributed by atoms with Crippen molar-refractivity contribution < 1.29 is 4.74 Å². The van der Waals surface area contributed by atoms with Crippen LogP contribution in [0.3, 0.4) is 0 Å². The molecule has 2 aromatic heterocycles. The summed E-state index contributed by atoms with van der Waals surface area (Å²) in [5.74, 6) is 1.76. The summed E-state index contributed by atoms with van der Waals surface area (Å²) >= 11 is 0. The van der Waals surface area contributed by atoms with Gasteiger partial charge in [-0.2, -0.15) is 0 Å². The summed E-state index contributed by atoms with van der Waals surface area (Å²) in [6.45, 7) is 14.8. The minimum absolute atomic E-state index is 0.515. The van der Waals surface area contributed by atoms with Gasteiger partial charge in [0, 0.05) is 22.0 Å². The lowest BCUT2D eigenvalue weighted by Gasteiger charge is -2.33. The molecule has 2 aliphatic carbocycles. The molecule has 12 rings (SSSR count). The SMILES string of the molecule is C=C/C=C\C(=C/C)c1cc(-c2ccccc2)cc(-c2cccc(-n3c4ccccc4c4cc(-c5ccc6c(c5)C5(C(C)=C(/C=C\C)c7ccccc75)c5c-6ccc(Oc6ccccc6C)c5C)ccc43)c2)n1. The first-order valence-corrected chi connectivity index (χ1v) is 25.0. The summed E-state index contributed by atoms with van der Waals surface area (Å²) in [6.07, 6.45) is 12.4. The molecule has 0 saturated heterocycles. The Bertz CT molecular complexity index is 3970. The van der Waals surface area contributed by atoms with Gasteiger partial charge in [-0.05, 0) is 179 Å². The zero-order valence-corrected chi connectivity index (χ0v) is 41.4. The lowest BCUT2D eigenvalue weighted by Crippen LogP contribution is -2.27. The Morgan fingerprint density at radius 3 is 2.14 bits per heavy atom. The molecule has 0 radical (unpaired) electrons. The third-order valence-corrected chi connectivity index (χ3v) is 15.1. The second-order valence-electron chi connectivity index (χ2n) is 19.0. The second kappa shape index (κ2) is 17.9. The zero-order valence-electron chi connectivity index (χ0n) is 41.4. The Labute approximate surface area is 422 Å². The van der Waals surface area contributed by atoms with Crippen LogP contribution >= 0.6 is 0 Å². The number of para-hydroxylation sites is 2. The monoisotopic (exact) mass is 926 g/mol. The minimum atomic E-state index is -0.515. The number of allylic oxidation sites excluding steroid dienone is 9. The van der Waals surface area contributed by atoms with E-state index in [4.69, 9.17) is 9.72 Å². The highest BCUT2D eigenvalue weighted by atomic mass is 16.5. The molecule has 2 heterocycles. The maximum Gasteiger partial charge on any atom is 0.130 e. The number of fused-ring (bicyclic) bond motifs is 10. The van der Waals surface area contributed by atoms with Crippen LogP contribution in [0.4, 0.5) is 0 Å². The van der Waals surface area contributed by atoms with Crippen LogP contribution in [0.2, 0.25) is 0 Å². The van der Waals surface area contributed by atoms with Gasteiger partial charge < -0.3 is 9.30 Å². The molecule has 2 aliphatic rings. The van der Waals surface area contributed by atoms with Crippen LogP contribution in [0.25, 0.3) is 83.3 Å². The smallest absolute Gasteiger partial charge is 0.130 e. The van der Waals surface area contributed by atoms with Gasteiger partial charge in [-0.1, -0.05) is 170 Å². The van der Waals surface area contributed by atoms with Crippen LogP contribution in [-0.2, 0) is 5.41 Å². The van der Waals surface area contributed by atoms with Crippen LogP contribution in [-0.4, -0.2) is 9.55 Å². The topological polar surface area (TPSA) is 27.1 Å². The molecule has 72 heavy (non-hydrogen) atoms. The lowest BCUT2D eigenvalue weighted by atomic mass is 9.68. The van der Waals surface area contributed by atoms with Crippen molar-refractivity contribution in [3.05, 3.63) is 276 Å². The van der Waals surface area contributed by atoms with Gasteiger partial charge in [0.15, 0.2) is 0 Å². The Morgan fingerprint density at radius 1 is 0.569 bits per heavy atom. The van der Waals surface area contributed by atoms with Gasteiger partial charge >= 0.3 is 0 Å². The minimum Gasteiger partial charge on any atom is -0.457 e. The first-order valence-electron chi connectivity index (χ1n) is 25.0. The van der Waals surface area contributed by atoms with Gasteiger partial charge in [0.25, 0.3) is 0 Å². The van der Waals surface area contributed by atoms with Crippen molar-refractivity contribution in [1.29, 1.82) is 0 Å². The van der Waals surface area contributed by atoms with Crippen LogP contribution in [0, 0.1) is 13.8 Å². The van der Waals surface area contributed by atoms with Crippen LogP contribution in [0.1, 0.15) is 59.8 Å². The van der Waals surface area contributed by atoms with E-state index in [2.05, 4.69) is 252 Å². The number of hydrogen-bond acceptors (Lipinski definition) is 2. The maximum absolute atomic E-state index is 6.80. The highest BCUT2D eigenvalue weighted by molar-refractivity contribution is 6.11. The van der Waals surface area contributed by atoms with E-state index in [1.54, 1.807) is 6.08 Å². The zero-order chi connectivity index (χ0) is 49.1. The largest absolute Gasteiger partial charge is 0.457 e. The Balaban J connectivity index is 1.00. The summed E-state index contributed by atoms with van der Waals surface area (Å²) in [6, 6.07) is 68.5. The first-order chi connectivity index (χ1) is 35.3. The van der Waals surface area contributed by atoms with Crippen molar-refractivity contribution in [3.8, 4) is 61.8 Å². The van der Waals surface area contributed by atoms with E-state index in [1.807, 2.05) is 12.1 Å². The Morgan fingerprint density at radius 2 is 1.31 bits per heavy atom. The highest BCUT2D eigenvalue weighted by Crippen LogP contribution is 2.64. The fourth-order valence-corrected chi connectivity index (χ4v) is 11.8. The molecule has 10 aromatic rings. The van der Waals surface area contributed by atoms with Gasteiger partial charge in [-0.3, -0.25) is 0 Å². The van der Waals surface area contributed by atoms with E-state index in [1.165, 1.54) is 66.4 Å². The van der Waals surface area contributed by atoms with Gasteiger partial charge in [-0.15, -0.1) is 0 Å². The predicted octanol–water partition coefficient (Wildman–Crippen LogP) is 18.4. The fourth-order valence-electron chi connectivity index (χ4n) is 11.8. The molecule has 8 aromatic carbocycles. The van der Waals surface area contributed by atoms with Gasteiger partial charge in [-0.25, -0.2) is 4.98 Å². The molecular formula is C69H54N2O. The fraction of sp³-hybridized carbons (Fsp3) is 0.0870. The predicted molar refractivity (Wildman–Crippen MR) is 303 cm³/mol. The van der Waals surface area contributed by atoms with E-state index in [0.717, 1.165) is 73.0 Å². The number of nitrogens with zero attached hydrogens (tertiary/aromatic N) is 2. The van der Waals surface area contributed by atoms with Crippen molar-refractivity contribution in [2.45, 2.75) is 40.0 Å². The van der Waals surface area contributed by atoms with Crippen LogP contribution < -0.4 is 4.74 Å². The molecule has 1 unspecified atom stereocenters. The van der Waals surface area contributed by atoms with Gasteiger partial charge in [0.05, 0.1) is 27.8 Å². The van der Waals surface area contributed by atoms with Crippen molar-refractivity contribution in [3.63, 3.8) is 0 Å². The number of rotatable bonds is 10. The van der Waals surface area contributed by atoms with E-state index in [0.29, 0.717) is 0 Å². The molecule has 1 spiro atoms. The number of aromatic nitrogens is 2. The quantitative estimate of drug-likeness (QED) is 0.128. The Hall–Kier alpha value is -8.79. The van der Waals surface area contributed by atoms with E-state index < -0.39 is 5.41 Å². The number of ether oxygens (including phenoxy) is 1. The highest BCUT2D eigenvalue weighted by Gasteiger charge is 2.52. The average Bonchev–Trinajstić information content (AvgIpc) is 4.02. The third-order valence-electron chi connectivity index (χ3n) is 15.1. The molecule has 3 heteroatoms. The van der Waals surface area contributed by atoms with Crippen LogP contribution in [0.15, 0.2) is 237 Å². The lowest BCUT2D eigenvalue weighted by molar-refractivity contribution is 0.473. The molecule has 346 valence electrons. The molecule has 0 fully saturated rings.